The molecule has 3 heterocycles. The Balaban J connectivity index is 0.00000148. The Labute approximate surface area is 249 Å². The van der Waals surface area contributed by atoms with Crippen LogP contribution in [0.4, 0.5) is 11.4 Å². The lowest BCUT2D eigenvalue weighted by molar-refractivity contribution is -0.818. The largest absolute Gasteiger partial charge is 0.312 e. The van der Waals surface area contributed by atoms with Crippen molar-refractivity contribution in [1.82, 2.24) is 0 Å². The first-order chi connectivity index (χ1) is 20.1. The number of likely N-dealkylation sites (N-methyl/N-ethyl adjacent to an activating group) is 1. The normalized spacial score (nSPS) is 20.9. The van der Waals surface area contributed by atoms with Crippen LogP contribution in [-0.4, -0.2) is 20.6 Å². The zero-order valence-corrected chi connectivity index (χ0v) is 25.3. The van der Waals surface area contributed by atoms with E-state index in [2.05, 4.69) is 135 Å². The number of allylic oxidation sites excluding steroid dienone is 7. The zero-order chi connectivity index (χ0) is 28.3. The van der Waals surface area contributed by atoms with E-state index in [1.807, 2.05) is 25.6 Å². The smallest absolute Gasteiger partial charge is 0.106 e. The number of thioether (sulfide) groups is 1. The average Bonchev–Trinajstić information content (AvgIpc) is 3.47. The molecule has 0 radical (unpaired) electrons. The molecule has 3 nitrogen and oxygen atoms in total. The number of benzene rings is 3. The van der Waals surface area contributed by atoms with Gasteiger partial charge in [0.15, 0.2) is 0 Å². The second-order valence-electron chi connectivity index (χ2n) is 10.7. The maximum absolute atomic E-state index is 2.51. The summed E-state index contributed by atoms with van der Waals surface area (Å²) in [7, 11) is 4.38. The van der Waals surface area contributed by atoms with Crippen molar-refractivity contribution in [2.75, 3.05) is 25.5 Å². The summed E-state index contributed by atoms with van der Waals surface area (Å²) in [6.07, 6.45) is 18.2. The number of anilines is 2. The number of nitrogens with zero attached hydrogens (tertiary/aromatic N) is 1. The molecule has 0 spiro atoms. The summed E-state index contributed by atoms with van der Waals surface area (Å²) in [6.45, 7) is 5.02. The molecule has 1 aliphatic carbocycles. The van der Waals surface area contributed by atoms with Gasteiger partial charge in [-0.2, -0.15) is 0 Å². The van der Waals surface area contributed by atoms with E-state index in [4.69, 9.17) is 0 Å². The van der Waals surface area contributed by atoms with E-state index < -0.39 is 0 Å². The van der Waals surface area contributed by atoms with Crippen LogP contribution in [0.1, 0.15) is 32.3 Å². The first-order valence-corrected chi connectivity index (χ1v) is 15.6. The Morgan fingerprint density at radius 1 is 0.756 bits per heavy atom. The average molecular weight is 558 g/mol. The molecular weight excluding hydrogens is 518 g/mol. The van der Waals surface area contributed by atoms with Crippen molar-refractivity contribution in [2.45, 2.75) is 31.6 Å². The van der Waals surface area contributed by atoms with Gasteiger partial charge in [-0.15, -0.1) is 0 Å². The second-order valence-corrected chi connectivity index (χ2v) is 11.8. The minimum absolute atomic E-state index is 1.02. The molecule has 2 unspecified atom stereocenters. The van der Waals surface area contributed by atoms with Crippen LogP contribution in [0.2, 0.25) is 0 Å². The number of hydrogen-bond acceptors (Lipinski definition) is 2. The van der Waals surface area contributed by atoms with Gasteiger partial charge in [-0.05, 0) is 83.2 Å². The van der Waals surface area contributed by atoms with E-state index in [9.17, 15) is 0 Å². The van der Waals surface area contributed by atoms with Gasteiger partial charge >= 0.3 is 0 Å². The summed E-state index contributed by atoms with van der Waals surface area (Å²) in [4.78, 5) is 7.93. The van der Waals surface area contributed by atoms with Crippen molar-refractivity contribution in [3.8, 4) is 11.1 Å². The van der Waals surface area contributed by atoms with Gasteiger partial charge in [0.2, 0.25) is 0 Å². The van der Waals surface area contributed by atoms with Gasteiger partial charge in [0.25, 0.3) is 0 Å². The van der Waals surface area contributed by atoms with Crippen LogP contribution in [-0.2, 0) is 0 Å². The number of hydrogen-bond donors (Lipinski definition) is 2. The summed E-state index contributed by atoms with van der Waals surface area (Å²) >= 11 is 1.93. The van der Waals surface area contributed by atoms with E-state index in [-0.39, 0.29) is 0 Å². The minimum atomic E-state index is 1.02. The van der Waals surface area contributed by atoms with Gasteiger partial charge < -0.3 is 9.80 Å². The quantitative estimate of drug-likeness (QED) is 0.362. The Morgan fingerprint density at radius 2 is 1.49 bits per heavy atom. The fourth-order valence-corrected chi connectivity index (χ4v) is 7.00. The molecule has 3 aromatic carbocycles. The minimum Gasteiger partial charge on any atom is -0.312 e. The lowest BCUT2D eigenvalue weighted by atomic mass is 9.94. The first kappa shape index (κ1) is 27.3. The summed E-state index contributed by atoms with van der Waals surface area (Å²) in [5.74, 6) is 0. The fraction of sp³-hybridized carbons (Fsp3) is 0.189. The van der Waals surface area contributed by atoms with Crippen molar-refractivity contribution >= 4 is 28.7 Å². The van der Waals surface area contributed by atoms with Gasteiger partial charge in [-0.3, -0.25) is 4.90 Å². The molecule has 3 aromatic rings. The third-order valence-corrected chi connectivity index (χ3v) is 9.07. The molecular formula is C37H39N3S+2. The molecule has 0 aromatic heterocycles. The van der Waals surface area contributed by atoms with Crippen molar-refractivity contribution in [3.05, 3.63) is 143 Å². The lowest BCUT2D eigenvalue weighted by Crippen LogP contribution is -3.04. The first-order valence-electron chi connectivity index (χ1n) is 14.8. The molecule has 7 rings (SSSR count). The lowest BCUT2D eigenvalue weighted by Gasteiger charge is -2.37. The number of nitrogens with one attached hydrogen (secondary N) is 2. The zero-order valence-electron chi connectivity index (χ0n) is 24.4. The molecule has 0 bridgehead atoms. The Bertz CT molecular complexity index is 1620. The van der Waals surface area contributed by atoms with Crippen LogP contribution in [0.15, 0.2) is 142 Å². The highest BCUT2D eigenvalue weighted by atomic mass is 32.2. The van der Waals surface area contributed by atoms with Crippen molar-refractivity contribution in [2.24, 2.45) is 0 Å². The van der Waals surface area contributed by atoms with Crippen LogP contribution in [0.5, 0.6) is 0 Å². The number of fused-ring (bicyclic) bond motifs is 1. The molecule has 2 N–H and O–H groups in total. The molecule has 0 amide bonds. The van der Waals surface area contributed by atoms with E-state index in [0.717, 1.165) is 19.4 Å². The summed E-state index contributed by atoms with van der Waals surface area (Å²) < 4.78 is 0. The summed E-state index contributed by atoms with van der Waals surface area (Å²) in [5.41, 5.74) is 11.8. The fourth-order valence-electron chi connectivity index (χ4n) is 5.80. The monoisotopic (exact) mass is 557 g/mol. The molecule has 206 valence electrons. The van der Waals surface area contributed by atoms with Crippen LogP contribution in [0, 0.1) is 0 Å². The predicted molar refractivity (Wildman–Crippen MR) is 175 cm³/mol. The summed E-state index contributed by atoms with van der Waals surface area (Å²) in [6, 6.07) is 26.7. The second kappa shape index (κ2) is 12.0. The van der Waals surface area contributed by atoms with E-state index in [1.54, 1.807) is 0 Å². The maximum Gasteiger partial charge on any atom is 0.106 e. The molecule has 4 heteroatoms. The SMILES string of the molecule is CC.C[NH+]1C=CC(C2=CC3=C(CC2)N(c2ccc(-c4ccccc4)cc2)c2ccc(C4=CC[NH+](C)C=C4)cc2S3)=C1. The Morgan fingerprint density at radius 3 is 2.20 bits per heavy atom. The molecule has 0 saturated heterocycles. The number of rotatable bonds is 4. The van der Waals surface area contributed by atoms with Crippen LogP contribution >= 0.6 is 11.8 Å². The standard InChI is InChI=1S/C35H31N3S.C2H6/c1-36-19-16-27(17-20-36)28-10-14-32-34(22-28)39-35-23-29(30-18-21-37(2)24-30)11-15-33(35)38(32)31-12-8-26(9-13-31)25-6-4-3-5-7-25;1-2/h3-10,12-14,16-19,21-24H,11,15,20H2,1-2H3;1-2H3/p+2. The summed E-state index contributed by atoms with van der Waals surface area (Å²) in [5, 5.41) is 0. The Kier molecular flexibility index (Phi) is 7.97. The Hall–Kier alpha value is -3.83. The predicted octanol–water partition coefficient (Wildman–Crippen LogP) is 6.91. The molecule has 3 aliphatic heterocycles. The topological polar surface area (TPSA) is 12.1 Å². The highest BCUT2D eigenvalue weighted by Crippen LogP contribution is 2.51. The van der Waals surface area contributed by atoms with Gasteiger partial charge in [0.05, 0.1) is 32.2 Å². The van der Waals surface area contributed by atoms with E-state index in [1.165, 1.54) is 70.1 Å². The molecule has 41 heavy (non-hydrogen) atoms. The maximum atomic E-state index is 2.51. The molecule has 4 aliphatic rings. The van der Waals surface area contributed by atoms with Gasteiger partial charge in [0, 0.05) is 32.8 Å². The van der Waals surface area contributed by atoms with Gasteiger partial charge in [-0.1, -0.05) is 74.1 Å². The van der Waals surface area contributed by atoms with Crippen LogP contribution in [0.25, 0.3) is 16.7 Å². The highest BCUT2D eigenvalue weighted by molar-refractivity contribution is 8.03. The van der Waals surface area contributed by atoms with E-state index >= 15 is 0 Å². The van der Waals surface area contributed by atoms with Gasteiger partial charge in [0.1, 0.15) is 12.7 Å². The highest BCUT2D eigenvalue weighted by Gasteiger charge is 2.30. The van der Waals surface area contributed by atoms with E-state index in [0.29, 0.717) is 0 Å². The third kappa shape index (κ3) is 5.56. The molecule has 0 fully saturated rings. The molecule has 2 atom stereocenters. The van der Waals surface area contributed by atoms with Crippen LogP contribution in [0.3, 0.4) is 0 Å². The third-order valence-electron chi connectivity index (χ3n) is 7.95. The number of quaternary nitrogens is 2. The van der Waals surface area contributed by atoms with Crippen LogP contribution < -0.4 is 14.7 Å². The van der Waals surface area contributed by atoms with Gasteiger partial charge in [-0.25, -0.2) is 0 Å². The van der Waals surface area contributed by atoms with Crippen molar-refractivity contribution < 1.29 is 9.80 Å². The van der Waals surface area contributed by atoms with Crippen molar-refractivity contribution in [1.29, 1.82) is 0 Å². The molecule has 0 saturated carbocycles. The van der Waals surface area contributed by atoms with Crippen molar-refractivity contribution in [3.63, 3.8) is 0 Å².